The van der Waals surface area contributed by atoms with Gasteiger partial charge in [0.15, 0.2) is 0 Å². The van der Waals surface area contributed by atoms with Gasteiger partial charge in [-0.3, -0.25) is 0 Å². The van der Waals surface area contributed by atoms with Gasteiger partial charge in [-0.15, -0.1) is 0 Å². The third kappa shape index (κ3) is 3.78. The van der Waals surface area contributed by atoms with E-state index in [-0.39, 0.29) is 12.0 Å². The van der Waals surface area contributed by atoms with E-state index in [2.05, 4.69) is 0 Å². The van der Waals surface area contributed by atoms with E-state index in [9.17, 15) is 8.42 Å². The topological polar surface area (TPSA) is 46.6 Å². The van der Waals surface area contributed by atoms with Gasteiger partial charge in [-0.05, 0) is 30.5 Å². The van der Waals surface area contributed by atoms with Gasteiger partial charge in [0.2, 0.25) is 10.0 Å². The van der Waals surface area contributed by atoms with E-state index in [4.69, 9.17) is 4.74 Å². The highest BCUT2D eigenvalue weighted by molar-refractivity contribution is 7.89. The van der Waals surface area contributed by atoms with E-state index in [1.165, 1.54) is 0 Å². The molecule has 0 radical (unpaired) electrons. The van der Waals surface area contributed by atoms with E-state index in [0.29, 0.717) is 17.9 Å². The molecule has 0 aliphatic carbocycles. The number of hydrogen-bond donors (Lipinski definition) is 0. The van der Waals surface area contributed by atoms with Crippen molar-refractivity contribution in [2.45, 2.75) is 44.4 Å². The van der Waals surface area contributed by atoms with E-state index in [1.54, 1.807) is 16.4 Å². The molecule has 1 fully saturated rings. The molecule has 0 N–H and O–H groups in total. The second-order valence-corrected chi connectivity index (χ2v) is 8.78. The summed E-state index contributed by atoms with van der Waals surface area (Å²) in [4.78, 5) is 0.326. The molecule has 5 heteroatoms. The summed E-state index contributed by atoms with van der Waals surface area (Å²) in [5.74, 6) is 0.181. The van der Waals surface area contributed by atoms with Crippen LogP contribution in [0.25, 0.3) is 0 Å². The fourth-order valence-electron chi connectivity index (χ4n) is 3.19. The molecule has 25 heavy (non-hydrogen) atoms. The number of benzene rings is 2. The van der Waals surface area contributed by atoms with E-state index >= 15 is 0 Å². The highest BCUT2D eigenvalue weighted by Gasteiger charge is 2.44. The van der Waals surface area contributed by atoms with Crippen LogP contribution in [0.4, 0.5) is 0 Å². The summed E-state index contributed by atoms with van der Waals surface area (Å²) in [6.45, 7) is 6.46. The fourth-order valence-corrected chi connectivity index (χ4v) is 5.02. The Balaban J connectivity index is 1.95. The number of nitrogens with zero attached hydrogens (tertiary/aromatic N) is 1. The highest BCUT2D eigenvalue weighted by atomic mass is 32.2. The van der Waals surface area contributed by atoms with Gasteiger partial charge >= 0.3 is 0 Å². The van der Waals surface area contributed by atoms with Gasteiger partial charge < -0.3 is 4.74 Å². The lowest BCUT2D eigenvalue weighted by molar-refractivity contribution is 0.0687. The number of rotatable bonds is 5. The molecule has 4 nitrogen and oxygen atoms in total. The average molecular weight is 359 g/mol. The fraction of sp³-hybridized carbons (Fsp3) is 0.400. The van der Waals surface area contributed by atoms with Crippen molar-refractivity contribution in [3.8, 4) is 0 Å². The summed E-state index contributed by atoms with van der Waals surface area (Å²) in [5.41, 5.74) is 2.11. The minimum atomic E-state index is -3.61. The van der Waals surface area contributed by atoms with Crippen molar-refractivity contribution in [1.82, 2.24) is 4.31 Å². The van der Waals surface area contributed by atoms with Gasteiger partial charge in [0.1, 0.15) is 6.23 Å². The minimum Gasteiger partial charge on any atom is -0.360 e. The van der Waals surface area contributed by atoms with E-state index < -0.39 is 16.3 Å². The Morgan fingerprint density at radius 1 is 1.08 bits per heavy atom. The van der Waals surface area contributed by atoms with Crippen LogP contribution >= 0.6 is 0 Å². The van der Waals surface area contributed by atoms with Crippen LogP contribution in [-0.2, 0) is 21.2 Å². The second kappa shape index (κ2) is 7.28. The van der Waals surface area contributed by atoms with Gasteiger partial charge in [0.05, 0.1) is 17.5 Å². The Bertz CT molecular complexity index is 801. The number of ether oxygens (including phenoxy) is 1. The van der Waals surface area contributed by atoms with Crippen molar-refractivity contribution < 1.29 is 13.2 Å². The Hall–Kier alpha value is -1.69. The van der Waals surface area contributed by atoms with Crippen LogP contribution in [0.15, 0.2) is 59.5 Å². The molecule has 2 aromatic rings. The molecule has 3 rings (SSSR count). The SMILES string of the molecule is Cc1ccc(S(=O)(=O)N2[C@H](Cc3ccccc3)OC[C@@H]2C(C)C)cc1. The lowest BCUT2D eigenvalue weighted by Gasteiger charge is -2.29. The molecule has 1 saturated heterocycles. The first-order valence-electron chi connectivity index (χ1n) is 8.65. The molecule has 2 atom stereocenters. The third-order valence-electron chi connectivity index (χ3n) is 4.69. The smallest absolute Gasteiger partial charge is 0.245 e. The van der Waals surface area contributed by atoms with Crippen LogP contribution in [-0.4, -0.2) is 31.6 Å². The molecule has 2 aromatic carbocycles. The van der Waals surface area contributed by atoms with Crippen molar-refractivity contribution in [2.75, 3.05) is 6.61 Å². The molecule has 1 aliphatic heterocycles. The largest absolute Gasteiger partial charge is 0.360 e. The first kappa shape index (κ1) is 18.1. The minimum absolute atomic E-state index is 0.153. The van der Waals surface area contributed by atoms with Crippen LogP contribution < -0.4 is 0 Å². The van der Waals surface area contributed by atoms with E-state index in [1.807, 2.05) is 63.2 Å². The first-order chi connectivity index (χ1) is 11.9. The molecule has 1 heterocycles. The molecule has 0 saturated carbocycles. The molecule has 134 valence electrons. The lowest BCUT2D eigenvalue weighted by Crippen LogP contribution is -2.45. The monoisotopic (exact) mass is 359 g/mol. The maximum atomic E-state index is 13.3. The summed E-state index contributed by atoms with van der Waals surface area (Å²) in [6.07, 6.45) is 0.0795. The molecule has 0 amide bonds. The quantitative estimate of drug-likeness (QED) is 0.819. The summed E-state index contributed by atoms with van der Waals surface area (Å²) in [5, 5.41) is 0. The van der Waals surface area contributed by atoms with Crippen molar-refractivity contribution in [1.29, 1.82) is 0 Å². The molecule has 0 aromatic heterocycles. The van der Waals surface area contributed by atoms with Crippen LogP contribution in [0.5, 0.6) is 0 Å². The number of aryl methyl sites for hydroxylation is 1. The maximum Gasteiger partial charge on any atom is 0.245 e. The van der Waals surface area contributed by atoms with Gasteiger partial charge in [0, 0.05) is 6.42 Å². The Kier molecular flexibility index (Phi) is 5.27. The maximum absolute atomic E-state index is 13.3. The summed E-state index contributed by atoms with van der Waals surface area (Å²) < 4.78 is 34.1. The van der Waals surface area contributed by atoms with Crippen molar-refractivity contribution >= 4 is 10.0 Å². The summed E-state index contributed by atoms with van der Waals surface area (Å²) in [7, 11) is -3.61. The molecule has 0 bridgehead atoms. The van der Waals surface area contributed by atoms with E-state index in [0.717, 1.165) is 11.1 Å². The Labute approximate surface area is 150 Å². The predicted octanol–water partition coefficient (Wildman–Crippen LogP) is 3.61. The van der Waals surface area contributed by atoms with Gasteiger partial charge in [-0.2, -0.15) is 4.31 Å². The van der Waals surface area contributed by atoms with Crippen molar-refractivity contribution in [2.24, 2.45) is 5.92 Å². The lowest BCUT2D eigenvalue weighted by atomic mass is 10.1. The molecule has 0 spiro atoms. The Morgan fingerprint density at radius 3 is 2.32 bits per heavy atom. The normalized spacial score (nSPS) is 21.8. The average Bonchev–Trinajstić information content (AvgIpc) is 3.01. The predicted molar refractivity (Wildman–Crippen MR) is 98.7 cm³/mol. The van der Waals surface area contributed by atoms with Gasteiger partial charge in [-0.1, -0.05) is 61.9 Å². The number of sulfonamides is 1. The van der Waals surface area contributed by atoms with Crippen molar-refractivity contribution in [3.05, 3.63) is 65.7 Å². The van der Waals surface area contributed by atoms with Gasteiger partial charge in [-0.25, -0.2) is 8.42 Å². The van der Waals surface area contributed by atoms with Crippen LogP contribution in [0.2, 0.25) is 0 Å². The molecule has 0 unspecified atom stereocenters. The second-order valence-electron chi connectivity index (χ2n) is 6.94. The zero-order valence-corrected chi connectivity index (χ0v) is 15.7. The summed E-state index contributed by atoms with van der Waals surface area (Å²) in [6, 6.07) is 16.8. The molecular formula is C20H25NO3S. The zero-order chi connectivity index (χ0) is 18.0. The third-order valence-corrected chi connectivity index (χ3v) is 6.62. The summed E-state index contributed by atoms with van der Waals surface area (Å²) >= 11 is 0. The van der Waals surface area contributed by atoms with Crippen LogP contribution in [0.3, 0.4) is 0 Å². The zero-order valence-electron chi connectivity index (χ0n) is 14.9. The first-order valence-corrected chi connectivity index (χ1v) is 10.1. The number of hydrogen-bond acceptors (Lipinski definition) is 3. The Morgan fingerprint density at radius 2 is 1.72 bits per heavy atom. The standard InChI is InChI=1S/C20H25NO3S/c1-15(2)19-14-24-20(13-17-7-5-4-6-8-17)21(19)25(22,23)18-11-9-16(3)10-12-18/h4-12,15,19-20H,13-14H2,1-3H3/t19-,20+/m1/s1. The van der Waals surface area contributed by atoms with Crippen molar-refractivity contribution in [3.63, 3.8) is 0 Å². The van der Waals surface area contributed by atoms with Crippen LogP contribution in [0.1, 0.15) is 25.0 Å². The molecular weight excluding hydrogens is 334 g/mol. The van der Waals surface area contributed by atoms with Crippen LogP contribution in [0, 0.1) is 12.8 Å². The molecule has 1 aliphatic rings. The van der Waals surface area contributed by atoms with Gasteiger partial charge in [0.25, 0.3) is 0 Å². The highest BCUT2D eigenvalue weighted by Crippen LogP contribution is 2.31.